The highest BCUT2D eigenvalue weighted by Crippen LogP contribution is 2.55. The molecule has 0 aromatic heterocycles. The van der Waals surface area contributed by atoms with Crippen LogP contribution in [0.25, 0.3) is 0 Å². The normalized spacial score (nSPS) is 23.6. The molecule has 2 aromatic rings. The van der Waals surface area contributed by atoms with Crippen LogP contribution in [0.4, 0.5) is 36.4 Å². The molecule has 180 valence electrons. The fourth-order valence-electron chi connectivity index (χ4n) is 4.59. The third-order valence-corrected chi connectivity index (χ3v) is 9.02. The summed E-state index contributed by atoms with van der Waals surface area (Å²) in [7, 11) is -4.20. The Kier molecular flexibility index (Phi) is 5.46. The molecule has 2 N–H and O–H groups in total. The predicted octanol–water partition coefficient (Wildman–Crippen LogP) is 5.09. The predicted molar refractivity (Wildman–Crippen MR) is 107 cm³/mol. The van der Waals surface area contributed by atoms with E-state index in [4.69, 9.17) is 11.6 Å². The van der Waals surface area contributed by atoms with Gasteiger partial charge in [0.25, 0.3) is 0 Å². The molecule has 4 rings (SSSR count). The Morgan fingerprint density at radius 2 is 1.55 bits per heavy atom. The van der Waals surface area contributed by atoms with E-state index < -0.39 is 44.2 Å². The van der Waals surface area contributed by atoms with Crippen molar-refractivity contribution in [3.63, 3.8) is 0 Å². The minimum Gasteiger partial charge on any atom is -0.383 e. The van der Waals surface area contributed by atoms with Crippen LogP contribution in [-0.2, 0) is 20.3 Å². The molecule has 2 aliphatic heterocycles. The molecule has 2 aromatic carbocycles. The average Bonchev–Trinajstić information content (AvgIpc) is 3.17. The monoisotopic (exact) mass is 516 g/mol. The van der Waals surface area contributed by atoms with Gasteiger partial charge in [0.05, 0.1) is 4.90 Å². The molecule has 0 bridgehead atoms. The molecule has 0 amide bonds. The van der Waals surface area contributed by atoms with Crippen molar-refractivity contribution in [1.82, 2.24) is 5.32 Å². The molecule has 0 spiro atoms. The quantitative estimate of drug-likeness (QED) is 0.558. The second-order valence-electron chi connectivity index (χ2n) is 7.90. The molecule has 33 heavy (non-hydrogen) atoms. The zero-order valence-corrected chi connectivity index (χ0v) is 18.1. The Bertz CT molecular complexity index is 1170. The zero-order chi connectivity index (χ0) is 24.4. The molecule has 1 saturated heterocycles. The number of halogens is 8. The molecular formula is C20H16ClF7N2O2S. The molecular weight excluding hydrogens is 501 g/mol. The second kappa shape index (κ2) is 7.47. The van der Waals surface area contributed by atoms with Crippen LogP contribution in [0, 0.1) is 0 Å². The first-order valence-corrected chi connectivity index (χ1v) is 11.5. The van der Waals surface area contributed by atoms with E-state index in [1.807, 2.05) is 0 Å². The second-order valence-corrected chi connectivity index (χ2v) is 10.5. The summed E-state index contributed by atoms with van der Waals surface area (Å²) >= 11 is 5.84. The maximum absolute atomic E-state index is 14.6. The fourth-order valence-corrected chi connectivity index (χ4v) is 7.02. The highest BCUT2D eigenvalue weighted by Gasteiger charge is 2.73. The molecule has 0 radical (unpaired) electrons. The van der Waals surface area contributed by atoms with E-state index in [1.165, 1.54) is 24.3 Å². The summed E-state index contributed by atoms with van der Waals surface area (Å²) in [5, 5.41) is 5.96. The number of anilines is 1. The summed E-state index contributed by atoms with van der Waals surface area (Å²) in [5.41, 5.74) is -7.64. The molecule has 2 unspecified atom stereocenters. The third kappa shape index (κ3) is 3.32. The van der Waals surface area contributed by atoms with Gasteiger partial charge < -0.3 is 10.6 Å². The van der Waals surface area contributed by atoms with Gasteiger partial charge in [0, 0.05) is 28.9 Å². The maximum atomic E-state index is 14.6. The number of benzene rings is 2. The number of fused-ring (bicyclic) bond motifs is 3. The Hall–Kier alpha value is -2.05. The number of rotatable bonds is 3. The minimum atomic E-state index is -6.28. The van der Waals surface area contributed by atoms with Gasteiger partial charge in [-0.15, -0.1) is 0 Å². The van der Waals surface area contributed by atoms with Gasteiger partial charge in [-0.3, -0.25) is 0 Å². The van der Waals surface area contributed by atoms with Gasteiger partial charge >= 0.3 is 18.0 Å². The number of nitrogens with one attached hydrogen (secondary N) is 2. The summed E-state index contributed by atoms with van der Waals surface area (Å²) in [6, 6.07) is 6.11. The summed E-state index contributed by atoms with van der Waals surface area (Å²) < 4.78 is 120. The molecule has 1 fully saturated rings. The van der Waals surface area contributed by atoms with E-state index in [0.29, 0.717) is 12.1 Å². The summed E-state index contributed by atoms with van der Waals surface area (Å²) in [5.74, 6) is 0. The topological polar surface area (TPSA) is 58.2 Å². The van der Waals surface area contributed by atoms with Crippen LogP contribution in [-0.4, -0.2) is 39.9 Å². The van der Waals surface area contributed by atoms with Crippen molar-refractivity contribution < 1.29 is 39.2 Å². The van der Waals surface area contributed by atoms with E-state index in [1.54, 1.807) is 0 Å². The summed E-state index contributed by atoms with van der Waals surface area (Å²) in [4.78, 5) is -0.108. The highest BCUT2D eigenvalue weighted by atomic mass is 35.5. The molecule has 2 aliphatic rings. The SMILES string of the molecule is O=S(=O)(c1ccc(Cl)cc1)C12CCNC1CNc1cc(C(F)(C(F)(F)F)C(F)(F)F)ccc12. The standard InChI is InChI=1S/C20H16ClF7N2O2S/c21-12-2-4-13(5-3-12)33(31,32)17-7-8-29-16(17)10-30-15-9-11(1-6-14(15)17)18(22,19(23,24)25)20(26,27)28/h1-6,9,16,29-30H,7-8,10H2. The van der Waals surface area contributed by atoms with Crippen molar-refractivity contribution in [2.75, 3.05) is 18.4 Å². The van der Waals surface area contributed by atoms with E-state index in [9.17, 15) is 39.2 Å². The first-order chi connectivity index (χ1) is 15.2. The van der Waals surface area contributed by atoms with Crippen molar-refractivity contribution in [2.45, 2.75) is 40.1 Å². The Morgan fingerprint density at radius 1 is 0.939 bits per heavy atom. The van der Waals surface area contributed by atoms with E-state index in [0.717, 1.165) is 6.07 Å². The van der Waals surface area contributed by atoms with Crippen molar-refractivity contribution in [1.29, 1.82) is 0 Å². The third-order valence-electron chi connectivity index (χ3n) is 6.20. The number of hydrogen-bond acceptors (Lipinski definition) is 4. The molecule has 0 aliphatic carbocycles. The highest BCUT2D eigenvalue weighted by molar-refractivity contribution is 7.92. The van der Waals surface area contributed by atoms with Crippen molar-refractivity contribution in [2.24, 2.45) is 0 Å². The Labute approximate surface area is 189 Å². The van der Waals surface area contributed by atoms with Gasteiger partial charge in [-0.25, -0.2) is 12.8 Å². The van der Waals surface area contributed by atoms with E-state index in [2.05, 4.69) is 10.6 Å². The van der Waals surface area contributed by atoms with Gasteiger partial charge in [-0.05, 0) is 48.9 Å². The van der Waals surface area contributed by atoms with Crippen LogP contribution in [0.2, 0.25) is 5.02 Å². The molecule has 13 heteroatoms. The zero-order valence-electron chi connectivity index (χ0n) is 16.5. The van der Waals surface area contributed by atoms with Gasteiger partial charge in [0.1, 0.15) is 4.75 Å². The number of hydrogen-bond donors (Lipinski definition) is 2. The van der Waals surface area contributed by atoms with Crippen LogP contribution in [0.5, 0.6) is 0 Å². The van der Waals surface area contributed by atoms with Gasteiger partial charge in [0.15, 0.2) is 9.84 Å². The lowest BCUT2D eigenvalue weighted by Gasteiger charge is -2.41. The van der Waals surface area contributed by atoms with Crippen LogP contribution in [0.1, 0.15) is 17.5 Å². The minimum absolute atomic E-state index is 0.00988. The van der Waals surface area contributed by atoms with Gasteiger partial charge in [0.2, 0.25) is 0 Å². The van der Waals surface area contributed by atoms with Crippen molar-refractivity contribution >= 4 is 27.1 Å². The molecule has 4 nitrogen and oxygen atoms in total. The summed E-state index contributed by atoms with van der Waals surface area (Å²) in [6.45, 7) is 0.124. The van der Waals surface area contributed by atoms with Crippen LogP contribution in [0.3, 0.4) is 0 Å². The lowest BCUT2D eigenvalue weighted by Crippen LogP contribution is -2.53. The van der Waals surface area contributed by atoms with Crippen LogP contribution < -0.4 is 10.6 Å². The average molecular weight is 517 g/mol. The lowest BCUT2D eigenvalue weighted by molar-refractivity contribution is -0.348. The first-order valence-electron chi connectivity index (χ1n) is 9.61. The van der Waals surface area contributed by atoms with E-state index in [-0.39, 0.29) is 40.7 Å². The van der Waals surface area contributed by atoms with Crippen LogP contribution in [0.15, 0.2) is 47.4 Å². The smallest absolute Gasteiger partial charge is 0.383 e. The van der Waals surface area contributed by atoms with E-state index >= 15 is 0 Å². The largest absolute Gasteiger partial charge is 0.435 e. The number of sulfone groups is 1. The van der Waals surface area contributed by atoms with Crippen molar-refractivity contribution in [3.05, 3.63) is 58.6 Å². The number of alkyl halides is 7. The Balaban J connectivity index is 1.92. The maximum Gasteiger partial charge on any atom is 0.435 e. The van der Waals surface area contributed by atoms with Crippen molar-refractivity contribution in [3.8, 4) is 0 Å². The molecule has 0 saturated carbocycles. The molecule has 2 heterocycles. The first kappa shape index (κ1) is 24.1. The lowest BCUT2D eigenvalue weighted by atomic mass is 9.83. The molecule has 2 atom stereocenters. The fraction of sp³-hybridized carbons (Fsp3) is 0.400. The Morgan fingerprint density at radius 3 is 2.12 bits per heavy atom. The summed E-state index contributed by atoms with van der Waals surface area (Å²) in [6.07, 6.45) is -12.5. The van der Waals surface area contributed by atoms with Gasteiger partial charge in [-0.2, -0.15) is 26.3 Å². The van der Waals surface area contributed by atoms with Crippen LogP contribution >= 0.6 is 11.6 Å². The van der Waals surface area contributed by atoms with Gasteiger partial charge in [-0.1, -0.05) is 23.7 Å².